The summed E-state index contributed by atoms with van der Waals surface area (Å²) < 4.78 is 0. The number of nitrogens with zero attached hydrogens (tertiary/aromatic N) is 1. The second-order valence-corrected chi connectivity index (χ2v) is 6.30. The lowest BCUT2D eigenvalue weighted by Gasteiger charge is -2.23. The van der Waals surface area contributed by atoms with E-state index in [1.54, 1.807) is 0 Å². The average Bonchev–Trinajstić information content (AvgIpc) is 2.92. The fraction of sp³-hybridized carbons (Fsp3) is 0.500. The summed E-state index contributed by atoms with van der Waals surface area (Å²) in [6.45, 7) is 5.60. The van der Waals surface area contributed by atoms with Gasteiger partial charge in [-0.25, -0.2) is 0 Å². The van der Waals surface area contributed by atoms with Gasteiger partial charge in [0.05, 0.1) is 0 Å². The maximum absolute atomic E-state index is 4.25. The monoisotopic (exact) mass is 268 g/mol. The molecule has 20 heavy (non-hydrogen) atoms. The number of aromatic nitrogens is 1. The third-order valence-electron chi connectivity index (χ3n) is 4.56. The molecular formula is C18H24N2. The van der Waals surface area contributed by atoms with Crippen molar-refractivity contribution < 1.29 is 0 Å². The number of hydrogen-bond donors (Lipinski definition) is 1. The van der Waals surface area contributed by atoms with Crippen molar-refractivity contribution in [3.8, 4) is 0 Å². The molecule has 1 heterocycles. The lowest BCUT2D eigenvalue weighted by molar-refractivity contribution is 0.424. The van der Waals surface area contributed by atoms with E-state index in [2.05, 4.69) is 48.4 Å². The molecule has 106 valence electrons. The van der Waals surface area contributed by atoms with Crippen molar-refractivity contribution in [1.82, 2.24) is 10.3 Å². The van der Waals surface area contributed by atoms with E-state index < -0.39 is 0 Å². The maximum atomic E-state index is 4.25. The summed E-state index contributed by atoms with van der Waals surface area (Å²) in [5, 5.41) is 6.29. The Bertz CT molecular complexity index is 571. The van der Waals surface area contributed by atoms with Gasteiger partial charge in [-0.1, -0.05) is 38.5 Å². The van der Waals surface area contributed by atoms with E-state index in [0.717, 1.165) is 12.5 Å². The second kappa shape index (κ2) is 5.92. The molecule has 2 aromatic rings. The lowest BCUT2D eigenvalue weighted by Crippen LogP contribution is -2.30. The molecule has 1 aromatic heterocycles. The molecule has 0 amide bonds. The Morgan fingerprint density at radius 2 is 2.15 bits per heavy atom. The summed E-state index contributed by atoms with van der Waals surface area (Å²) in [4.78, 5) is 4.25. The third-order valence-corrected chi connectivity index (χ3v) is 4.56. The molecule has 2 atom stereocenters. The molecule has 2 unspecified atom stereocenters. The first-order valence-corrected chi connectivity index (χ1v) is 7.81. The second-order valence-electron chi connectivity index (χ2n) is 6.30. The van der Waals surface area contributed by atoms with Crippen LogP contribution in [0.3, 0.4) is 0 Å². The quantitative estimate of drug-likeness (QED) is 0.902. The van der Waals surface area contributed by atoms with Gasteiger partial charge in [0.15, 0.2) is 0 Å². The summed E-state index contributed by atoms with van der Waals surface area (Å²) in [5.74, 6) is 1.48. The fourth-order valence-electron chi connectivity index (χ4n) is 3.55. The Labute approximate surface area is 121 Å². The first kappa shape index (κ1) is 13.6. The van der Waals surface area contributed by atoms with E-state index in [0.29, 0.717) is 12.0 Å². The van der Waals surface area contributed by atoms with Crippen molar-refractivity contribution in [2.75, 3.05) is 6.54 Å². The molecular weight excluding hydrogens is 244 g/mol. The average molecular weight is 268 g/mol. The molecule has 2 nitrogen and oxygen atoms in total. The van der Waals surface area contributed by atoms with Gasteiger partial charge in [-0.05, 0) is 48.2 Å². The Hall–Kier alpha value is -1.41. The van der Waals surface area contributed by atoms with Crippen LogP contribution in [0.4, 0.5) is 0 Å². The zero-order valence-electron chi connectivity index (χ0n) is 12.5. The maximum Gasteiger partial charge on any atom is 0.0346 e. The van der Waals surface area contributed by atoms with Gasteiger partial charge in [-0.15, -0.1) is 0 Å². The summed E-state index contributed by atoms with van der Waals surface area (Å²) in [7, 11) is 0. The smallest absolute Gasteiger partial charge is 0.0346 e. The SMILES string of the molecule is CC(C)NCC1CCCC1c1cccc2cnccc12. The van der Waals surface area contributed by atoms with E-state index in [9.17, 15) is 0 Å². The van der Waals surface area contributed by atoms with Crippen molar-refractivity contribution >= 4 is 10.8 Å². The van der Waals surface area contributed by atoms with Crippen LogP contribution in [0.5, 0.6) is 0 Å². The van der Waals surface area contributed by atoms with Crippen molar-refractivity contribution in [3.63, 3.8) is 0 Å². The van der Waals surface area contributed by atoms with Crippen LogP contribution >= 0.6 is 0 Å². The number of pyridine rings is 1. The zero-order valence-corrected chi connectivity index (χ0v) is 12.5. The van der Waals surface area contributed by atoms with Crippen LogP contribution in [-0.2, 0) is 0 Å². The molecule has 1 aromatic carbocycles. The minimum Gasteiger partial charge on any atom is -0.314 e. The normalized spacial score (nSPS) is 22.8. The zero-order chi connectivity index (χ0) is 13.9. The van der Waals surface area contributed by atoms with Crippen LogP contribution in [0.2, 0.25) is 0 Å². The van der Waals surface area contributed by atoms with Gasteiger partial charge >= 0.3 is 0 Å². The topological polar surface area (TPSA) is 24.9 Å². The van der Waals surface area contributed by atoms with Gasteiger partial charge in [0, 0.05) is 23.8 Å². The summed E-state index contributed by atoms with van der Waals surface area (Å²) in [6.07, 6.45) is 7.94. The predicted octanol–water partition coefficient (Wildman–Crippen LogP) is 4.12. The van der Waals surface area contributed by atoms with Gasteiger partial charge in [-0.2, -0.15) is 0 Å². The van der Waals surface area contributed by atoms with Crippen molar-refractivity contribution in [3.05, 3.63) is 42.2 Å². The molecule has 3 rings (SSSR count). The van der Waals surface area contributed by atoms with Crippen molar-refractivity contribution in [1.29, 1.82) is 0 Å². The first-order valence-electron chi connectivity index (χ1n) is 7.81. The van der Waals surface area contributed by atoms with E-state index in [1.165, 1.54) is 35.6 Å². The molecule has 0 aliphatic heterocycles. The Morgan fingerprint density at radius 1 is 1.25 bits per heavy atom. The van der Waals surface area contributed by atoms with Gasteiger partial charge in [0.1, 0.15) is 0 Å². The Kier molecular flexibility index (Phi) is 4.02. The molecule has 0 bridgehead atoms. The number of rotatable bonds is 4. The molecule has 1 aliphatic carbocycles. The summed E-state index contributed by atoms with van der Waals surface area (Å²) >= 11 is 0. The van der Waals surface area contributed by atoms with Gasteiger partial charge in [0.2, 0.25) is 0 Å². The molecule has 0 radical (unpaired) electrons. The highest BCUT2D eigenvalue weighted by Gasteiger charge is 2.29. The van der Waals surface area contributed by atoms with Gasteiger partial charge in [0.25, 0.3) is 0 Å². The Morgan fingerprint density at radius 3 is 3.00 bits per heavy atom. The third kappa shape index (κ3) is 2.71. The largest absolute Gasteiger partial charge is 0.314 e. The molecule has 1 fully saturated rings. The van der Waals surface area contributed by atoms with Gasteiger partial charge < -0.3 is 5.32 Å². The number of nitrogens with one attached hydrogen (secondary N) is 1. The van der Waals surface area contributed by atoms with Crippen molar-refractivity contribution in [2.24, 2.45) is 5.92 Å². The molecule has 1 N–H and O–H groups in total. The summed E-state index contributed by atoms with van der Waals surface area (Å²) in [5.41, 5.74) is 1.53. The fourth-order valence-corrected chi connectivity index (χ4v) is 3.55. The highest BCUT2D eigenvalue weighted by Crippen LogP contribution is 2.41. The predicted molar refractivity (Wildman–Crippen MR) is 85.0 cm³/mol. The lowest BCUT2D eigenvalue weighted by atomic mass is 9.86. The summed E-state index contributed by atoms with van der Waals surface area (Å²) in [6, 6.07) is 9.43. The van der Waals surface area contributed by atoms with E-state index >= 15 is 0 Å². The minimum absolute atomic E-state index is 0.577. The molecule has 2 heteroatoms. The van der Waals surface area contributed by atoms with E-state index in [1.807, 2.05) is 12.4 Å². The van der Waals surface area contributed by atoms with E-state index in [4.69, 9.17) is 0 Å². The van der Waals surface area contributed by atoms with E-state index in [-0.39, 0.29) is 0 Å². The highest BCUT2D eigenvalue weighted by atomic mass is 14.9. The van der Waals surface area contributed by atoms with Crippen LogP contribution in [0.15, 0.2) is 36.7 Å². The highest BCUT2D eigenvalue weighted by molar-refractivity contribution is 5.85. The molecule has 0 spiro atoms. The van der Waals surface area contributed by atoms with Crippen LogP contribution < -0.4 is 5.32 Å². The molecule has 0 saturated heterocycles. The number of fused-ring (bicyclic) bond motifs is 1. The minimum atomic E-state index is 0.577. The molecule has 1 aliphatic rings. The number of hydrogen-bond acceptors (Lipinski definition) is 2. The van der Waals surface area contributed by atoms with Gasteiger partial charge in [-0.3, -0.25) is 4.98 Å². The first-order chi connectivity index (χ1) is 9.75. The Balaban J connectivity index is 1.89. The van der Waals surface area contributed by atoms with Crippen LogP contribution in [0.1, 0.15) is 44.6 Å². The van der Waals surface area contributed by atoms with Crippen LogP contribution in [0, 0.1) is 5.92 Å². The van der Waals surface area contributed by atoms with Crippen molar-refractivity contribution in [2.45, 2.75) is 45.1 Å². The van der Waals surface area contributed by atoms with Crippen LogP contribution in [-0.4, -0.2) is 17.6 Å². The standard InChI is InChI=1S/C18H24N2/c1-13(2)20-12-15-6-3-7-16(15)18-8-4-5-14-11-19-10-9-17(14)18/h4-5,8-11,13,15-16,20H,3,6-7,12H2,1-2H3. The number of benzene rings is 1. The van der Waals surface area contributed by atoms with Crippen LogP contribution in [0.25, 0.3) is 10.8 Å². The molecule has 1 saturated carbocycles.